The summed E-state index contributed by atoms with van der Waals surface area (Å²) in [5.74, 6) is 0.426. The summed E-state index contributed by atoms with van der Waals surface area (Å²) in [5, 5.41) is 3.01. The van der Waals surface area contributed by atoms with Crippen LogP contribution in [0.5, 0.6) is 0 Å². The number of rotatable bonds is 5. The van der Waals surface area contributed by atoms with Crippen molar-refractivity contribution in [2.75, 3.05) is 18.4 Å². The second-order valence-corrected chi connectivity index (χ2v) is 7.42. The van der Waals surface area contributed by atoms with Crippen molar-refractivity contribution in [1.82, 2.24) is 4.90 Å². The topological polar surface area (TPSA) is 49.4 Å². The van der Waals surface area contributed by atoms with Crippen LogP contribution in [0.15, 0.2) is 22.7 Å². The number of hydrogen-bond donors (Lipinski definition) is 1. The largest absolute Gasteiger partial charge is 0.342 e. The minimum absolute atomic E-state index is 0.0142. The normalized spacial score (nSPS) is 15.6. The van der Waals surface area contributed by atoms with Crippen LogP contribution in [0.25, 0.3) is 0 Å². The van der Waals surface area contributed by atoms with Gasteiger partial charge in [0, 0.05) is 35.1 Å². The lowest BCUT2D eigenvalue weighted by molar-refractivity contribution is -0.138. The van der Waals surface area contributed by atoms with Crippen LogP contribution in [0, 0.1) is 18.8 Å². The minimum atomic E-state index is -0.0142. The summed E-state index contributed by atoms with van der Waals surface area (Å²) < 4.78 is 1.04. The molecule has 0 aromatic heterocycles. The molecule has 0 unspecified atom stereocenters. The van der Waals surface area contributed by atoms with Gasteiger partial charge in [0.1, 0.15) is 0 Å². The van der Waals surface area contributed by atoms with Gasteiger partial charge < -0.3 is 10.2 Å². The Hall–Kier alpha value is -1.36. The first-order chi connectivity index (χ1) is 11.5. The molecule has 1 heterocycles. The predicted octanol–water partition coefficient (Wildman–Crippen LogP) is 4.37. The number of hydrogen-bond acceptors (Lipinski definition) is 2. The molecule has 1 fully saturated rings. The number of carbonyl (C=O) groups is 2. The summed E-state index contributed by atoms with van der Waals surface area (Å²) in [6.07, 6.45) is 3.26. The third-order valence-electron chi connectivity index (χ3n) is 4.94. The quantitative estimate of drug-likeness (QED) is 0.805. The van der Waals surface area contributed by atoms with E-state index in [0.29, 0.717) is 13.1 Å². The molecule has 1 aliphatic rings. The van der Waals surface area contributed by atoms with E-state index < -0.39 is 0 Å². The molecule has 1 aromatic rings. The van der Waals surface area contributed by atoms with Crippen LogP contribution < -0.4 is 5.32 Å². The van der Waals surface area contributed by atoms with Gasteiger partial charge in [0.15, 0.2) is 0 Å². The van der Waals surface area contributed by atoms with Crippen molar-refractivity contribution >= 4 is 33.4 Å². The van der Waals surface area contributed by atoms with E-state index in [4.69, 9.17) is 0 Å². The first-order valence-corrected chi connectivity index (χ1v) is 9.61. The monoisotopic (exact) mass is 394 g/mol. The van der Waals surface area contributed by atoms with Gasteiger partial charge in [0.25, 0.3) is 0 Å². The zero-order valence-electron chi connectivity index (χ0n) is 14.8. The summed E-state index contributed by atoms with van der Waals surface area (Å²) in [6.45, 7) is 7.50. The van der Waals surface area contributed by atoms with Gasteiger partial charge in [0.05, 0.1) is 0 Å². The van der Waals surface area contributed by atoms with Crippen LogP contribution >= 0.6 is 15.9 Å². The van der Waals surface area contributed by atoms with Gasteiger partial charge in [-0.25, -0.2) is 0 Å². The van der Waals surface area contributed by atoms with Crippen LogP contribution in [0.4, 0.5) is 5.69 Å². The molecule has 1 N–H and O–H groups in total. The van der Waals surface area contributed by atoms with Crippen LogP contribution in [0.1, 0.15) is 45.1 Å². The highest BCUT2D eigenvalue weighted by Gasteiger charge is 2.29. The molecule has 132 valence electrons. The number of anilines is 1. The Balaban J connectivity index is 1.88. The van der Waals surface area contributed by atoms with E-state index in [-0.39, 0.29) is 23.7 Å². The van der Waals surface area contributed by atoms with Crippen molar-refractivity contribution in [1.29, 1.82) is 0 Å². The van der Waals surface area contributed by atoms with Crippen LogP contribution in [0.3, 0.4) is 0 Å². The van der Waals surface area contributed by atoms with Crippen molar-refractivity contribution in [2.24, 2.45) is 11.8 Å². The molecule has 0 spiro atoms. The second-order valence-electron chi connectivity index (χ2n) is 6.57. The molecule has 2 rings (SSSR count). The number of aryl methyl sites for hydroxylation is 1. The standard InChI is InChI=1S/C19H27BrN2O2/c1-4-14(5-2)19(24)22-10-8-15(9-11-22)18(23)21-16-6-7-17(20)13(3)12-16/h6-7,12,14-15H,4-5,8-11H2,1-3H3,(H,21,23). The first-order valence-electron chi connectivity index (χ1n) is 8.82. The Morgan fingerprint density at radius 2 is 1.88 bits per heavy atom. The average Bonchev–Trinajstić information content (AvgIpc) is 2.59. The number of nitrogens with one attached hydrogen (secondary N) is 1. The third kappa shape index (κ3) is 4.59. The van der Waals surface area contributed by atoms with E-state index in [9.17, 15) is 9.59 Å². The van der Waals surface area contributed by atoms with Gasteiger partial charge in [-0.3, -0.25) is 9.59 Å². The van der Waals surface area contributed by atoms with Crippen LogP contribution in [-0.4, -0.2) is 29.8 Å². The molecule has 1 aromatic carbocycles. The summed E-state index contributed by atoms with van der Waals surface area (Å²) in [5.41, 5.74) is 1.93. The second kappa shape index (κ2) is 8.65. The lowest BCUT2D eigenvalue weighted by Crippen LogP contribution is -2.43. The SMILES string of the molecule is CCC(CC)C(=O)N1CCC(C(=O)Nc2ccc(Br)c(C)c2)CC1. The van der Waals surface area contributed by atoms with Crippen molar-refractivity contribution in [2.45, 2.75) is 46.5 Å². The van der Waals surface area contributed by atoms with Gasteiger partial charge in [0.2, 0.25) is 11.8 Å². The van der Waals surface area contributed by atoms with Gasteiger partial charge >= 0.3 is 0 Å². The highest BCUT2D eigenvalue weighted by molar-refractivity contribution is 9.10. The summed E-state index contributed by atoms with van der Waals surface area (Å²) >= 11 is 3.47. The maximum absolute atomic E-state index is 12.5. The highest BCUT2D eigenvalue weighted by Crippen LogP contribution is 2.24. The maximum Gasteiger partial charge on any atom is 0.227 e. The Bertz CT molecular complexity index is 591. The Morgan fingerprint density at radius 3 is 2.42 bits per heavy atom. The molecular formula is C19H27BrN2O2. The maximum atomic E-state index is 12.5. The number of piperidine rings is 1. The molecule has 2 amide bonds. The molecule has 4 nitrogen and oxygen atoms in total. The number of carbonyl (C=O) groups excluding carboxylic acids is 2. The molecule has 24 heavy (non-hydrogen) atoms. The Morgan fingerprint density at radius 1 is 1.25 bits per heavy atom. The molecule has 1 saturated heterocycles. The van der Waals surface area contributed by atoms with Crippen molar-refractivity contribution in [3.8, 4) is 0 Å². The molecule has 1 aliphatic heterocycles. The fourth-order valence-corrected chi connectivity index (χ4v) is 3.47. The fraction of sp³-hybridized carbons (Fsp3) is 0.579. The average molecular weight is 395 g/mol. The van der Waals surface area contributed by atoms with Crippen molar-refractivity contribution in [3.63, 3.8) is 0 Å². The lowest BCUT2D eigenvalue weighted by Gasteiger charge is -2.33. The van der Waals surface area contributed by atoms with Crippen LogP contribution in [0.2, 0.25) is 0 Å². The first kappa shape index (κ1) is 19.0. The van der Waals surface area contributed by atoms with Crippen molar-refractivity contribution in [3.05, 3.63) is 28.2 Å². The van der Waals surface area contributed by atoms with E-state index in [0.717, 1.165) is 41.4 Å². The van der Waals surface area contributed by atoms with Crippen molar-refractivity contribution < 1.29 is 9.59 Å². The van der Waals surface area contributed by atoms with Gasteiger partial charge in [-0.05, 0) is 56.4 Å². The number of likely N-dealkylation sites (tertiary alicyclic amines) is 1. The summed E-state index contributed by atoms with van der Waals surface area (Å²) in [6, 6.07) is 5.82. The molecule has 0 atom stereocenters. The van der Waals surface area contributed by atoms with E-state index in [1.165, 1.54) is 0 Å². The number of halogens is 1. The molecular weight excluding hydrogens is 368 g/mol. The van der Waals surface area contributed by atoms with Gasteiger partial charge in [-0.2, -0.15) is 0 Å². The number of amides is 2. The zero-order valence-corrected chi connectivity index (χ0v) is 16.4. The van der Waals surface area contributed by atoms with Gasteiger partial charge in [-0.15, -0.1) is 0 Å². The zero-order chi connectivity index (χ0) is 17.7. The van der Waals surface area contributed by atoms with E-state index in [2.05, 4.69) is 35.1 Å². The van der Waals surface area contributed by atoms with E-state index in [1.807, 2.05) is 30.0 Å². The van der Waals surface area contributed by atoms with Gasteiger partial charge in [-0.1, -0.05) is 29.8 Å². The molecule has 0 radical (unpaired) electrons. The van der Waals surface area contributed by atoms with E-state index in [1.54, 1.807) is 0 Å². The summed E-state index contributed by atoms with van der Waals surface area (Å²) in [7, 11) is 0. The number of nitrogens with zero attached hydrogens (tertiary/aromatic N) is 1. The highest BCUT2D eigenvalue weighted by atomic mass is 79.9. The summed E-state index contributed by atoms with van der Waals surface area (Å²) in [4.78, 5) is 26.8. The smallest absolute Gasteiger partial charge is 0.227 e. The molecule has 5 heteroatoms. The molecule has 0 saturated carbocycles. The lowest BCUT2D eigenvalue weighted by atomic mass is 9.93. The third-order valence-corrected chi connectivity index (χ3v) is 5.83. The predicted molar refractivity (Wildman–Crippen MR) is 101 cm³/mol. The number of benzene rings is 1. The Kier molecular flexibility index (Phi) is 6.84. The van der Waals surface area contributed by atoms with E-state index >= 15 is 0 Å². The molecule has 0 aliphatic carbocycles. The molecule has 0 bridgehead atoms. The van der Waals surface area contributed by atoms with Crippen LogP contribution in [-0.2, 0) is 9.59 Å². The minimum Gasteiger partial charge on any atom is -0.342 e. The fourth-order valence-electron chi connectivity index (χ4n) is 3.22. The Labute approximate surface area is 153 Å².